The number of hydrogen-bond donors (Lipinski definition) is 1. The fraction of sp³-hybridized carbons (Fsp3) is 0.333. The van der Waals surface area contributed by atoms with Crippen molar-refractivity contribution in [2.45, 2.75) is 20.4 Å². The molecule has 1 aliphatic rings. The Morgan fingerprint density at radius 3 is 2.24 bits per heavy atom. The molecule has 2 aromatic carbocycles. The Bertz CT molecular complexity index is 1130. The van der Waals surface area contributed by atoms with Crippen LogP contribution in [0.4, 0.5) is 5.00 Å². The second-order valence-electron chi connectivity index (χ2n) is 8.68. The molecule has 0 spiro atoms. The number of amides is 1. The van der Waals surface area contributed by atoms with Gasteiger partial charge in [-0.3, -0.25) is 14.6 Å². The summed E-state index contributed by atoms with van der Waals surface area (Å²) in [6.45, 7) is 8.81. The Morgan fingerprint density at radius 2 is 1.59 bits per heavy atom. The van der Waals surface area contributed by atoms with E-state index in [1.807, 2.05) is 37.3 Å². The minimum Gasteiger partial charge on any atom is -0.465 e. The lowest BCUT2D eigenvalue weighted by Gasteiger charge is -2.34. The van der Waals surface area contributed by atoms with Crippen LogP contribution in [0.25, 0.3) is 11.1 Å². The first-order chi connectivity index (χ1) is 16.4. The third-order valence-electron chi connectivity index (χ3n) is 6.15. The lowest BCUT2D eigenvalue weighted by Crippen LogP contribution is -2.48. The largest absolute Gasteiger partial charge is 0.465 e. The van der Waals surface area contributed by atoms with Crippen molar-refractivity contribution in [1.29, 1.82) is 0 Å². The van der Waals surface area contributed by atoms with Gasteiger partial charge in [-0.2, -0.15) is 0 Å². The van der Waals surface area contributed by atoms with Crippen molar-refractivity contribution in [3.8, 4) is 11.1 Å². The number of aryl methyl sites for hydroxylation is 2. The van der Waals surface area contributed by atoms with Crippen LogP contribution in [0.2, 0.25) is 0 Å². The van der Waals surface area contributed by atoms with Crippen molar-refractivity contribution >= 4 is 28.2 Å². The maximum absolute atomic E-state index is 12.9. The molecule has 1 fully saturated rings. The summed E-state index contributed by atoms with van der Waals surface area (Å²) in [5, 5.41) is 3.53. The molecule has 34 heavy (non-hydrogen) atoms. The Balaban J connectivity index is 1.38. The number of rotatable bonds is 7. The van der Waals surface area contributed by atoms with Crippen LogP contribution in [0, 0.1) is 13.8 Å². The van der Waals surface area contributed by atoms with Gasteiger partial charge in [0.15, 0.2) is 0 Å². The highest BCUT2D eigenvalue weighted by Crippen LogP contribution is 2.40. The highest BCUT2D eigenvalue weighted by molar-refractivity contribution is 7.17. The molecule has 1 N–H and O–H groups in total. The van der Waals surface area contributed by atoms with Gasteiger partial charge in [-0.1, -0.05) is 60.2 Å². The van der Waals surface area contributed by atoms with E-state index in [0.29, 0.717) is 17.1 Å². The molecule has 0 saturated carbocycles. The van der Waals surface area contributed by atoms with E-state index in [2.05, 4.69) is 46.3 Å². The first-order valence-electron chi connectivity index (χ1n) is 11.5. The first kappa shape index (κ1) is 24.1. The molecule has 1 amide bonds. The van der Waals surface area contributed by atoms with Gasteiger partial charge in [0.05, 0.1) is 13.7 Å². The van der Waals surface area contributed by atoms with Gasteiger partial charge in [-0.15, -0.1) is 11.3 Å². The Hall–Kier alpha value is -3.00. The molecule has 4 rings (SSSR count). The monoisotopic (exact) mass is 477 g/mol. The van der Waals surface area contributed by atoms with E-state index in [4.69, 9.17) is 4.74 Å². The minimum atomic E-state index is -0.441. The summed E-state index contributed by atoms with van der Waals surface area (Å²) in [7, 11) is 1.37. The van der Waals surface area contributed by atoms with Crippen LogP contribution in [0.5, 0.6) is 0 Å². The van der Waals surface area contributed by atoms with Gasteiger partial charge in [0.1, 0.15) is 10.6 Å². The molecular weight excluding hydrogens is 446 g/mol. The van der Waals surface area contributed by atoms with E-state index < -0.39 is 5.97 Å². The third kappa shape index (κ3) is 5.73. The summed E-state index contributed by atoms with van der Waals surface area (Å²) in [6, 6.07) is 18.4. The second kappa shape index (κ2) is 11.0. The molecule has 0 aliphatic carbocycles. The van der Waals surface area contributed by atoms with Crippen molar-refractivity contribution in [1.82, 2.24) is 9.80 Å². The summed E-state index contributed by atoms with van der Waals surface area (Å²) < 4.78 is 5.05. The molecule has 0 atom stereocenters. The van der Waals surface area contributed by atoms with Crippen LogP contribution in [0.3, 0.4) is 0 Å². The zero-order valence-corrected chi connectivity index (χ0v) is 20.8. The van der Waals surface area contributed by atoms with E-state index in [0.717, 1.165) is 48.7 Å². The lowest BCUT2D eigenvalue weighted by molar-refractivity contribution is -0.117. The number of carbonyl (C=O) groups is 2. The maximum atomic E-state index is 12.9. The number of methoxy groups -OCH3 is 1. The summed E-state index contributed by atoms with van der Waals surface area (Å²) in [6.07, 6.45) is 0. The molecule has 6 nitrogen and oxygen atoms in total. The number of carbonyl (C=O) groups excluding carboxylic acids is 2. The molecule has 0 radical (unpaired) electrons. The molecule has 0 bridgehead atoms. The Morgan fingerprint density at radius 1 is 0.941 bits per heavy atom. The van der Waals surface area contributed by atoms with Crippen LogP contribution >= 0.6 is 11.3 Å². The van der Waals surface area contributed by atoms with E-state index in [1.54, 1.807) is 0 Å². The van der Waals surface area contributed by atoms with Gasteiger partial charge >= 0.3 is 5.97 Å². The standard InChI is InChI=1S/C27H31N3O3S/c1-19-9-11-21(12-10-19)17-29-13-15-30(16-14-29)18-23(31)28-26-25(27(32)33-3)24(20(2)34-26)22-7-5-4-6-8-22/h4-12H,13-18H2,1-3H3,(H,28,31). The molecule has 2 heterocycles. The molecular formula is C27H31N3O3S. The second-order valence-corrected chi connectivity index (χ2v) is 9.91. The van der Waals surface area contributed by atoms with Crippen molar-refractivity contribution < 1.29 is 14.3 Å². The third-order valence-corrected chi connectivity index (χ3v) is 7.17. The molecule has 1 saturated heterocycles. The molecule has 178 valence electrons. The predicted molar refractivity (Wildman–Crippen MR) is 137 cm³/mol. The van der Waals surface area contributed by atoms with Gasteiger partial charge in [0.25, 0.3) is 0 Å². The van der Waals surface area contributed by atoms with Gasteiger partial charge in [-0.05, 0) is 25.0 Å². The number of nitrogens with zero attached hydrogens (tertiary/aromatic N) is 2. The molecule has 1 aromatic heterocycles. The number of anilines is 1. The number of benzene rings is 2. The quantitative estimate of drug-likeness (QED) is 0.505. The van der Waals surface area contributed by atoms with Crippen molar-refractivity contribution in [2.24, 2.45) is 0 Å². The normalized spacial score (nSPS) is 14.7. The van der Waals surface area contributed by atoms with Crippen molar-refractivity contribution in [3.63, 3.8) is 0 Å². The topological polar surface area (TPSA) is 61.9 Å². The molecule has 7 heteroatoms. The lowest BCUT2D eigenvalue weighted by atomic mass is 10.0. The number of hydrogen-bond acceptors (Lipinski definition) is 6. The van der Waals surface area contributed by atoms with Crippen LogP contribution in [0.15, 0.2) is 54.6 Å². The summed E-state index contributed by atoms with van der Waals surface area (Å²) in [5.41, 5.74) is 4.76. The summed E-state index contributed by atoms with van der Waals surface area (Å²) in [4.78, 5) is 31.1. The number of piperazine rings is 1. The summed E-state index contributed by atoms with van der Waals surface area (Å²) >= 11 is 1.41. The number of esters is 1. The van der Waals surface area contributed by atoms with E-state index in [9.17, 15) is 9.59 Å². The maximum Gasteiger partial charge on any atom is 0.341 e. The zero-order chi connectivity index (χ0) is 24.1. The van der Waals surface area contributed by atoms with Gasteiger partial charge < -0.3 is 10.1 Å². The van der Waals surface area contributed by atoms with E-state index in [1.165, 1.54) is 29.6 Å². The fourth-order valence-corrected chi connectivity index (χ4v) is 5.39. The van der Waals surface area contributed by atoms with Crippen molar-refractivity contribution in [3.05, 3.63) is 76.2 Å². The van der Waals surface area contributed by atoms with Crippen molar-refractivity contribution in [2.75, 3.05) is 45.2 Å². The number of nitrogens with one attached hydrogen (secondary N) is 1. The highest BCUT2D eigenvalue weighted by Gasteiger charge is 2.26. The fourth-order valence-electron chi connectivity index (χ4n) is 4.31. The summed E-state index contributed by atoms with van der Waals surface area (Å²) in [5.74, 6) is -0.554. The zero-order valence-electron chi connectivity index (χ0n) is 20.0. The highest BCUT2D eigenvalue weighted by atomic mass is 32.1. The van der Waals surface area contributed by atoms with E-state index >= 15 is 0 Å². The molecule has 1 aliphatic heterocycles. The van der Waals surface area contributed by atoms with Gasteiger partial charge in [0, 0.05) is 43.2 Å². The first-order valence-corrected chi connectivity index (χ1v) is 12.3. The average molecular weight is 478 g/mol. The van der Waals surface area contributed by atoms with E-state index in [-0.39, 0.29) is 5.91 Å². The smallest absolute Gasteiger partial charge is 0.341 e. The van der Waals surface area contributed by atoms with Crippen LogP contribution in [-0.2, 0) is 16.1 Å². The van der Waals surface area contributed by atoms with Crippen LogP contribution < -0.4 is 5.32 Å². The van der Waals surface area contributed by atoms with Crippen LogP contribution in [0.1, 0.15) is 26.4 Å². The van der Waals surface area contributed by atoms with Gasteiger partial charge in [0.2, 0.25) is 5.91 Å². The minimum absolute atomic E-state index is 0.113. The van der Waals surface area contributed by atoms with Crippen LogP contribution in [-0.4, -0.2) is 61.5 Å². The Kier molecular flexibility index (Phi) is 7.77. The Labute approximate surface area is 205 Å². The number of thiophene rings is 1. The number of ether oxygens (including phenoxy) is 1. The average Bonchev–Trinajstić information content (AvgIpc) is 3.17. The predicted octanol–water partition coefficient (Wildman–Crippen LogP) is 4.57. The molecule has 3 aromatic rings. The van der Waals surface area contributed by atoms with Gasteiger partial charge in [-0.25, -0.2) is 4.79 Å². The molecule has 0 unspecified atom stereocenters. The SMILES string of the molecule is COC(=O)c1c(NC(=O)CN2CCN(Cc3ccc(C)cc3)CC2)sc(C)c1-c1ccccc1.